The third kappa shape index (κ3) is 2.78. The molecule has 0 saturated carbocycles. The van der Waals surface area contributed by atoms with Crippen LogP contribution in [-0.2, 0) is 6.54 Å². The van der Waals surface area contributed by atoms with Gasteiger partial charge in [-0.15, -0.1) is 0 Å². The van der Waals surface area contributed by atoms with Gasteiger partial charge in [-0.05, 0) is 24.1 Å². The van der Waals surface area contributed by atoms with Crippen LogP contribution in [-0.4, -0.2) is 19.9 Å². The number of nitrogens with two attached hydrogens (primary N) is 1. The molecule has 20 heavy (non-hydrogen) atoms. The van der Waals surface area contributed by atoms with Crippen LogP contribution in [0.2, 0.25) is 0 Å². The standard InChI is InChI=1S/C11H13N7O2/c1-7-4-13-3-2-8(7)5-14-10-9(18(19)20)11(17-12)16-6-15-10/h2-4,6H,5,12H2,1H3,(H2,14,15,16,17). The highest BCUT2D eigenvalue weighted by Crippen LogP contribution is 2.28. The largest absolute Gasteiger partial charge is 0.360 e. The monoisotopic (exact) mass is 275 g/mol. The summed E-state index contributed by atoms with van der Waals surface area (Å²) in [6, 6.07) is 1.83. The van der Waals surface area contributed by atoms with Crippen LogP contribution in [0.4, 0.5) is 17.3 Å². The van der Waals surface area contributed by atoms with E-state index in [9.17, 15) is 10.1 Å². The SMILES string of the molecule is Cc1cnccc1CNc1ncnc(NN)c1[N+](=O)[O-]. The van der Waals surface area contributed by atoms with Gasteiger partial charge < -0.3 is 10.7 Å². The van der Waals surface area contributed by atoms with Crippen LogP contribution in [0.1, 0.15) is 11.1 Å². The van der Waals surface area contributed by atoms with Gasteiger partial charge in [-0.25, -0.2) is 15.8 Å². The quantitative estimate of drug-likeness (QED) is 0.418. The Kier molecular flexibility index (Phi) is 4.01. The summed E-state index contributed by atoms with van der Waals surface area (Å²) in [4.78, 5) is 22.0. The molecular weight excluding hydrogens is 262 g/mol. The van der Waals surface area contributed by atoms with Crippen molar-refractivity contribution >= 4 is 17.3 Å². The third-order valence-corrected chi connectivity index (χ3v) is 2.72. The number of hydrazine groups is 1. The van der Waals surface area contributed by atoms with Gasteiger partial charge in [0.1, 0.15) is 6.33 Å². The van der Waals surface area contributed by atoms with E-state index in [1.807, 2.05) is 13.0 Å². The summed E-state index contributed by atoms with van der Waals surface area (Å²) >= 11 is 0. The van der Waals surface area contributed by atoms with Crippen LogP contribution < -0.4 is 16.6 Å². The minimum atomic E-state index is -0.586. The lowest BCUT2D eigenvalue weighted by molar-refractivity contribution is -0.383. The predicted molar refractivity (Wildman–Crippen MR) is 72.8 cm³/mol. The van der Waals surface area contributed by atoms with Crippen LogP contribution in [0.25, 0.3) is 0 Å². The van der Waals surface area contributed by atoms with Crippen LogP contribution in [0.15, 0.2) is 24.8 Å². The highest BCUT2D eigenvalue weighted by atomic mass is 16.6. The number of nitro groups is 1. The van der Waals surface area contributed by atoms with Gasteiger partial charge >= 0.3 is 5.69 Å². The second-order valence-electron chi connectivity index (χ2n) is 3.98. The molecule has 2 rings (SSSR count). The van der Waals surface area contributed by atoms with E-state index in [0.717, 1.165) is 11.1 Å². The molecule has 0 unspecified atom stereocenters. The van der Waals surface area contributed by atoms with Gasteiger partial charge in [-0.3, -0.25) is 15.1 Å². The summed E-state index contributed by atoms with van der Waals surface area (Å²) in [5, 5.41) is 14.0. The van der Waals surface area contributed by atoms with Crippen LogP contribution in [0.3, 0.4) is 0 Å². The summed E-state index contributed by atoms with van der Waals surface area (Å²) in [5.74, 6) is 5.27. The minimum absolute atomic E-state index is 0.0426. The molecule has 0 saturated heterocycles. The molecule has 2 heterocycles. The molecule has 2 aromatic heterocycles. The summed E-state index contributed by atoms with van der Waals surface area (Å²) < 4.78 is 0. The first-order valence-electron chi connectivity index (χ1n) is 5.73. The zero-order chi connectivity index (χ0) is 14.5. The van der Waals surface area contributed by atoms with Gasteiger partial charge in [-0.2, -0.15) is 0 Å². The summed E-state index contributed by atoms with van der Waals surface area (Å²) in [6.07, 6.45) is 4.58. The third-order valence-electron chi connectivity index (χ3n) is 2.72. The fourth-order valence-electron chi connectivity index (χ4n) is 1.67. The molecule has 2 aromatic rings. The first-order valence-corrected chi connectivity index (χ1v) is 5.73. The Balaban J connectivity index is 2.26. The molecule has 104 valence electrons. The van der Waals surface area contributed by atoms with Gasteiger partial charge in [0.05, 0.1) is 4.92 Å². The maximum Gasteiger partial charge on any atom is 0.354 e. The van der Waals surface area contributed by atoms with Gasteiger partial charge in [0, 0.05) is 18.9 Å². The van der Waals surface area contributed by atoms with Crippen molar-refractivity contribution in [3.8, 4) is 0 Å². The second kappa shape index (κ2) is 5.89. The Labute approximate surface area is 114 Å². The number of nitrogens with zero attached hydrogens (tertiary/aromatic N) is 4. The summed E-state index contributed by atoms with van der Waals surface area (Å²) in [6.45, 7) is 2.29. The van der Waals surface area contributed by atoms with E-state index in [2.05, 4.69) is 25.7 Å². The average molecular weight is 275 g/mol. The van der Waals surface area contributed by atoms with Crippen molar-refractivity contribution in [1.82, 2.24) is 15.0 Å². The number of rotatable bonds is 5. The fraction of sp³-hybridized carbons (Fsp3) is 0.182. The molecule has 0 amide bonds. The number of pyridine rings is 1. The maximum atomic E-state index is 11.1. The van der Waals surface area contributed by atoms with Crippen molar-refractivity contribution in [3.05, 3.63) is 46.0 Å². The topological polar surface area (TPSA) is 132 Å². The number of aromatic nitrogens is 3. The number of hydrogen-bond acceptors (Lipinski definition) is 8. The minimum Gasteiger partial charge on any atom is -0.360 e. The second-order valence-corrected chi connectivity index (χ2v) is 3.98. The first kappa shape index (κ1) is 13.6. The highest BCUT2D eigenvalue weighted by molar-refractivity contribution is 5.68. The normalized spacial score (nSPS) is 10.1. The molecule has 9 nitrogen and oxygen atoms in total. The lowest BCUT2D eigenvalue weighted by atomic mass is 10.1. The molecule has 0 spiro atoms. The van der Waals surface area contributed by atoms with Crippen LogP contribution >= 0.6 is 0 Å². The molecule has 0 aliphatic heterocycles. The fourth-order valence-corrected chi connectivity index (χ4v) is 1.67. The van der Waals surface area contributed by atoms with Crippen LogP contribution in [0, 0.1) is 17.0 Å². The first-order chi connectivity index (χ1) is 9.63. The Bertz CT molecular complexity index is 632. The molecule has 0 aromatic carbocycles. The van der Waals surface area contributed by atoms with Gasteiger partial charge in [0.25, 0.3) is 0 Å². The molecule has 0 atom stereocenters. The molecule has 0 aliphatic rings. The van der Waals surface area contributed by atoms with E-state index < -0.39 is 4.92 Å². The van der Waals surface area contributed by atoms with Gasteiger partial charge in [-0.1, -0.05) is 0 Å². The molecule has 4 N–H and O–H groups in total. The Morgan fingerprint density at radius 3 is 2.80 bits per heavy atom. The smallest absolute Gasteiger partial charge is 0.354 e. The lowest BCUT2D eigenvalue weighted by Crippen LogP contribution is -2.13. The maximum absolute atomic E-state index is 11.1. The van der Waals surface area contributed by atoms with E-state index in [1.54, 1.807) is 12.4 Å². The number of aryl methyl sites for hydroxylation is 1. The Hall–Kier alpha value is -2.81. The van der Waals surface area contributed by atoms with Crippen molar-refractivity contribution < 1.29 is 4.92 Å². The number of nitrogen functional groups attached to an aromatic ring is 1. The zero-order valence-electron chi connectivity index (χ0n) is 10.7. The van der Waals surface area contributed by atoms with Gasteiger partial charge in [0.15, 0.2) is 0 Å². The van der Waals surface area contributed by atoms with E-state index in [0.29, 0.717) is 6.54 Å². The molecular formula is C11H13N7O2. The van der Waals surface area contributed by atoms with E-state index >= 15 is 0 Å². The average Bonchev–Trinajstić information content (AvgIpc) is 2.45. The van der Waals surface area contributed by atoms with Crippen molar-refractivity contribution in [1.29, 1.82) is 0 Å². The molecule has 0 bridgehead atoms. The summed E-state index contributed by atoms with van der Waals surface area (Å²) in [7, 11) is 0. The zero-order valence-corrected chi connectivity index (χ0v) is 10.7. The van der Waals surface area contributed by atoms with Crippen molar-refractivity contribution in [2.24, 2.45) is 5.84 Å². The van der Waals surface area contributed by atoms with E-state index in [1.165, 1.54) is 6.33 Å². The van der Waals surface area contributed by atoms with Crippen molar-refractivity contribution in [2.45, 2.75) is 13.5 Å². The molecule has 9 heteroatoms. The van der Waals surface area contributed by atoms with Crippen molar-refractivity contribution in [3.63, 3.8) is 0 Å². The number of nitrogens with one attached hydrogen (secondary N) is 2. The highest BCUT2D eigenvalue weighted by Gasteiger charge is 2.22. The lowest BCUT2D eigenvalue weighted by Gasteiger charge is -2.09. The Morgan fingerprint density at radius 1 is 1.40 bits per heavy atom. The predicted octanol–water partition coefficient (Wildman–Crippen LogP) is 0.986. The Morgan fingerprint density at radius 2 is 2.15 bits per heavy atom. The van der Waals surface area contributed by atoms with Crippen LogP contribution in [0.5, 0.6) is 0 Å². The van der Waals surface area contributed by atoms with Gasteiger partial charge in [0.2, 0.25) is 11.6 Å². The van der Waals surface area contributed by atoms with E-state index in [-0.39, 0.29) is 17.3 Å². The number of hydrogen-bond donors (Lipinski definition) is 3. The molecule has 0 aliphatic carbocycles. The van der Waals surface area contributed by atoms with E-state index in [4.69, 9.17) is 5.84 Å². The summed E-state index contributed by atoms with van der Waals surface area (Å²) in [5.41, 5.74) is 3.84. The molecule has 0 radical (unpaired) electrons. The van der Waals surface area contributed by atoms with Crippen molar-refractivity contribution in [2.75, 3.05) is 10.7 Å². The molecule has 0 fully saturated rings. The number of anilines is 2.